The minimum atomic E-state index is -0.190. The summed E-state index contributed by atoms with van der Waals surface area (Å²) in [6.07, 6.45) is 7.96. The Hall–Kier alpha value is -2.56. The van der Waals surface area contributed by atoms with Crippen LogP contribution >= 0.6 is 0 Å². The molecule has 25 heavy (non-hydrogen) atoms. The van der Waals surface area contributed by atoms with Gasteiger partial charge in [0.1, 0.15) is 5.69 Å². The molecule has 1 amide bonds. The summed E-state index contributed by atoms with van der Waals surface area (Å²) in [4.78, 5) is 18.7. The van der Waals surface area contributed by atoms with E-state index in [4.69, 9.17) is 0 Å². The number of hydrogen-bond donors (Lipinski definition) is 2. The fourth-order valence-corrected chi connectivity index (χ4v) is 3.17. The highest BCUT2D eigenvalue weighted by Gasteiger charge is 2.14. The number of rotatable bonds is 5. The van der Waals surface area contributed by atoms with Crippen LogP contribution in [0, 0.1) is 0 Å². The van der Waals surface area contributed by atoms with Crippen LogP contribution in [-0.2, 0) is 0 Å². The van der Waals surface area contributed by atoms with E-state index in [1.54, 1.807) is 6.20 Å². The Morgan fingerprint density at radius 2 is 1.76 bits per heavy atom. The summed E-state index contributed by atoms with van der Waals surface area (Å²) in [5.41, 5.74) is 3.25. The lowest BCUT2D eigenvalue weighted by molar-refractivity contribution is 0.102. The van der Waals surface area contributed by atoms with E-state index in [-0.39, 0.29) is 5.91 Å². The van der Waals surface area contributed by atoms with Crippen molar-refractivity contribution in [3.8, 4) is 0 Å². The molecule has 1 fully saturated rings. The molecule has 2 N–H and O–H groups in total. The lowest BCUT2D eigenvalue weighted by Crippen LogP contribution is -2.22. The lowest BCUT2D eigenvalue weighted by Gasteiger charge is -2.23. The Bertz CT molecular complexity index is 706. The van der Waals surface area contributed by atoms with Gasteiger partial charge in [-0.05, 0) is 49.2 Å². The van der Waals surface area contributed by atoms with E-state index in [1.807, 2.05) is 55.4 Å². The number of carbonyl (C=O) groups is 1. The number of carbonyl (C=O) groups excluding carboxylic acids is 1. The first-order chi connectivity index (χ1) is 12.1. The molecule has 0 atom stereocenters. The third kappa shape index (κ3) is 4.72. The molecule has 1 aromatic heterocycles. The fourth-order valence-electron chi connectivity index (χ4n) is 3.17. The number of anilines is 3. The van der Waals surface area contributed by atoms with Crippen molar-refractivity contribution in [2.75, 3.05) is 29.6 Å². The van der Waals surface area contributed by atoms with E-state index in [1.165, 1.54) is 32.1 Å². The van der Waals surface area contributed by atoms with E-state index in [9.17, 15) is 4.79 Å². The summed E-state index contributed by atoms with van der Waals surface area (Å²) in [6.45, 7) is 0. The maximum Gasteiger partial charge on any atom is 0.274 e. The van der Waals surface area contributed by atoms with E-state index < -0.39 is 0 Å². The van der Waals surface area contributed by atoms with Crippen molar-refractivity contribution >= 4 is 23.0 Å². The van der Waals surface area contributed by atoms with Crippen molar-refractivity contribution in [3.63, 3.8) is 0 Å². The largest absolute Gasteiger partial charge is 0.382 e. The van der Waals surface area contributed by atoms with Gasteiger partial charge < -0.3 is 15.5 Å². The molecule has 0 aliphatic heterocycles. The Balaban J connectivity index is 1.64. The quantitative estimate of drug-likeness (QED) is 0.860. The summed E-state index contributed by atoms with van der Waals surface area (Å²) in [5, 5.41) is 6.44. The second-order valence-electron chi connectivity index (χ2n) is 6.80. The summed E-state index contributed by atoms with van der Waals surface area (Å²) >= 11 is 0. The van der Waals surface area contributed by atoms with E-state index in [2.05, 4.69) is 15.6 Å². The maximum absolute atomic E-state index is 12.5. The summed E-state index contributed by atoms with van der Waals surface area (Å²) in [6, 6.07) is 12.0. The van der Waals surface area contributed by atoms with Crippen LogP contribution in [-0.4, -0.2) is 31.0 Å². The Kier molecular flexibility index (Phi) is 5.53. The molecule has 5 nitrogen and oxygen atoms in total. The maximum atomic E-state index is 12.5. The number of nitrogens with zero attached hydrogens (tertiary/aromatic N) is 2. The fraction of sp³-hybridized carbons (Fsp3) is 0.400. The first-order valence-electron chi connectivity index (χ1n) is 8.93. The Morgan fingerprint density at radius 3 is 2.44 bits per heavy atom. The van der Waals surface area contributed by atoms with Gasteiger partial charge in [-0.25, -0.2) is 0 Å². The van der Waals surface area contributed by atoms with Gasteiger partial charge in [0.25, 0.3) is 5.91 Å². The van der Waals surface area contributed by atoms with Crippen LogP contribution in [0.5, 0.6) is 0 Å². The van der Waals surface area contributed by atoms with E-state index >= 15 is 0 Å². The first kappa shape index (κ1) is 17.3. The zero-order valence-electron chi connectivity index (χ0n) is 15.0. The lowest BCUT2D eigenvalue weighted by atomic mass is 9.95. The van der Waals surface area contributed by atoms with Gasteiger partial charge in [0.05, 0.1) is 0 Å². The van der Waals surface area contributed by atoms with Crippen molar-refractivity contribution in [3.05, 3.63) is 48.3 Å². The molecule has 2 aromatic rings. The second-order valence-corrected chi connectivity index (χ2v) is 6.80. The summed E-state index contributed by atoms with van der Waals surface area (Å²) < 4.78 is 0. The zero-order chi connectivity index (χ0) is 17.6. The molecule has 1 aliphatic rings. The predicted octanol–water partition coefficient (Wildman–Crippen LogP) is 4.14. The number of benzene rings is 1. The van der Waals surface area contributed by atoms with Gasteiger partial charge in [0.15, 0.2) is 0 Å². The topological polar surface area (TPSA) is 57.3 Å². The van der Waals surface area contributed by atoms with Crippen molar-refractivity contribution in [2.24, 2.45) is 0 Å². The molecule has 0 spiro atoms. The SMILES string of the molecule is CN(C)c1ccc(NC(=O)c2cc(NC3CCCCC3)ccn2)cc1. The molecular formula is C20H26N4O. The van der Waals surface area contributed by atoms with E-state index in [0.29, 0.717) is 11.7 Å². The molecule has 0 bridgehead atoms. The number of nitrogens with one attached hydrogen (secondary N) is 2. The normalized spacial score (nSPS) is 14.8. The van der Waals surface area contributed by atoms with Crippen LogP contribution in [0.1, 0.15) is 42.6 Å². The minimum absolute atomic E-state index is 0.190. The van der Waals surface area contributed by atoms with Gasteiger partial charge in [-0.2, -0.15) is 0 Å². The van der Waals surface area contributed by atoms with E-state index in [0.717, 1.165) is 17.1 Å². The van der Waals surface area contributed by atoms with Crippen LogP contribution in [0.2, 0.25) is 0 Å². The Labute approximate surface area is 149 Å². The van der Waals surface area contributed by atoms with Gasteiger partial charge in [-0.15, -0.1) is 0 Å². The van der Waals surface area contributed by atoms with Crippen molar-refractivity contribution in [2.45, 2.75) is 38.1 Å². The third-order valence-corrected chi connectivity index (χ3v) is 4.61. The molecule has 1 heterocycles. The van der Waals surface area contributed by atoms with Crippen LogP contribution in [0.4, 0.5) is 17.1 Å². The van der Waals surface area contributed by atoms with Crippen LogP contribution in [0.25, 0.3) is 0 Å². The average molecular weight is 338 g/mol. The standard InChI is InChI=1S/C20H26N4O/c1-24(2)18-10-8-16(9-11-18)23-20(25)19-14-17(12-13-21-19)22-15-6-4-3-5-7-15/h8-15H,3-7H2,1-2H3,(H,21,22)(H,23,25). The minimum Gasteiger partial charge on any atom is -0.382 e. The third-order valence-electron chi connectivity index (χ3n) is 4.61. The van der Waals surface area contributed by atoms with Crippen LogP contribution in [0.15, 0.2) is 42.6 Å². The number of aromatic nitrogens is 1. The van der Waals surface area contributed by atoms with Crippen LogP contribution < -0.4 is 15.5 Å². The summed E-state index contributed by atoms with van der Waals surface area (Å²) in [7, 11) is 3.98. The highest BCUT2D eigenvalue weighted by Crippen LogP contribution is 2.22. The first-order valence-corrected chi connectivity index (χ1v) is 8.93. The molecule has 132 valence electrons. The highest BCUT2D eigenvalue weighted by molar-refractivity contribution is 6.03. The zero-order valence-corrected chi connectivity index (χ0v) is 15.0. The second kappa shape index (κ2) is 8.01. The van der Waals surface area contributed by atoms with Gasteiger partial charge in [-0.3, -0.25) is 9.78 Å². The molecule has 0 saturated heterocycles. The van der Waals surface area contributed by atoms with Crippen molar-refractivity contribution in [1.82, 2.24) is 4.98 Å². The van der Waals surface area contributed by atoms with Crippen molar-refractivity contribution in [1.29, 1.82) is 0 Å². The van der Waals surface area contributed by atoms with Gasteiger partial charge in [0, 0.05) is 43.4 Å². The molecule has 5 heteroatoms. The van der Waals surface area contributed by atoms with Gasteiger partial charge in [0.2, 0.25) is 0 Å². The monoisotopic (exact) mass is 338 g/mol. The number of pyridine rings is 1. The molecule has 1 aromatic carbocycles. The number of hydrogen-bond acceptors (Lipinski definition) is 4. The molecule has 1 aliphatic carbocycles. The van der Waals surface area contributed by atoms with Crippen LogP contribution in [0.3, 0.4) is 0 Å². The Morgan fingerprint density at radius 1 is 1.04 bits per heavy atom. The number of amides is 1. The van der Waals surface area contributed by atoms with Gasteiger partial charge >= 0.3 is 0 Å². The molecule has 1 saturated carbocycles. The predicted molar refractivity (Wildman–Crippen MR) is 103 cm³/mol. The molecule has 0 unspecified atom stereocenters. The summed E-state index contributed by atoms with van der Waals surface area (Å²) in [5.74, 6) is -0.190. The van der Waals surface area contributed by atoms with Gasteiger partial charge in [-0.1, -0.05) is 19.3 Å². The smallest absolute Gasteiger partial charge is 0.274 e. The highest BCUT2D eigenvalue weighted by atomic mass is 16.1. The van der Waals surface area contributed by atoms with Crippen molar-refractivity contribution < 1.29 is 4.79 Å². The molecule has 3 rings (SSSR count). The molecule has 0 radical (unpaired) electrons. The average Bonchev–Trinajstić information content (AvgIpc) is 2.63. The molecular weight excluding hydrogens is 312 g/mol.